The maximum absolute atomic E-state index is 10.8. The largest absolute Gasteiger partial charge is 0.355 e. The monoisotopic (exact) mass is 327 g/mol. The topological polar surface area (TPSA) is 52.6 Å². The van der Waals surface area contributed by atoms with Gasteiger partial charge in [-0.25, -0.2) is 4.98 Å². The molecule has 6 nitrogen and oxygen atoms in total. The first kappa shape index (κ1) is 14.7. The summed E-state index contributed by atoms with van der Waals surface area (Å²) in [4.78, 5) is 25.9. The minimum absolute atomic E-state index is 0.478. The van der Waals surface area contributed by atoms with Crippen LogP contribution < -0.4 is 9.80 Å². The van der Waals surface area contributed by atoms with Gasteiger partial charge in [-0.1, -0.05) is 11.6 Å². The van der Waals surface area contributed by atoms with Crippen LogP contribution in [0.4, 0.5) is 11.8 Å². The molecule has 2 fully saturated rings. The molecule has 1 aromatic heterocycles. The lowest BCUT2D eigenvalue weighted by atomic mass is 10.3. The number of thioether (sulfide) groups is 1. The van der Waals surface area contributed by atoms with Crippen LogP contribution in [-0.4, -0.2) is 72.1 Å². The van der Waals surface area contributed by atoms with E-state index in [1.165, 1.54) is 0 Å². The molecule has 3 heterocycles. The van der Waals surface area contributed by atoms with E-state index in [1.54, 1.807) is 4.90 Å². The normalized spacial score (nSPS) is 19.8. The molecule has 0 saturated carbocycles. The Labute approximate surface area is 133 Å². The summed E-state index contributed by atoms with van der Waals surface area (Å²) in [5.41, 5.74) is 0. The second-order valence-corrected chi connectivity index (χ2v) is 6.69. The van der Waals surface area contributed by atoms with Crippen LogP contribution in [0.2, 0.25) is 5.15 Å². The molecular formula is C13H18ClN5OS. The Bertz CT molecular complexity index is 503. The Kier molecular flexibility index (Phi) is 4.70. The molecule has 0 atom stereocenters. The lowest BCUT2D eigenvalue weighted by Gasteiger charge is -2.33. The Morgan fingerprint density at radius 2 is 1.76 bits per heavy atom. The second kappa shape index (κ2) is 6.70. The van der Waals surface area contributed by atoms with Gasteiger partial charge in [0.05, 0.1) is 0 Å². The van der Waals surface area contributed by atoms with Crippen LogP contribution in [0.1, 0.15) is 0 Å². The highest BCUT2D eigenvalue weighted by Gasteiger charge is 2.20. The lowest BCUT2D eigenvalue weighted by molar-refractivity contribution is -0.118. The van der Waals surface area contributed by atoms with E-state index in [-0.39, 0.29) is 0 Å². The van der Waals surface area contributed by atoms with Crippen molar-refractivity contribution in [2.24, 2.45) is 0 Å². The SMILES string of the molecule is O=CN1CCN(c2nc(Cl)cc(N3CCSCC3)n2)CC1. The van der Waals surface area contributed by atoms with Crippen LogP contribution in [0.5, 0.6) is 0 Å². The van der Waals surface area contributed by atoms with Crippen molar-refractivity contribution in [3.05, 3.63) is 11.2 Å². The Morgan fingerprint density at radius 3 is 2.43 bits per heavy atom. The molecule has 3 rings (SSSR count). The Balaban J connectivity index is 1.76. The van der Waals surface area contributed by atoms with E-state index in [0.29, 0.717) is 24.2 Å². The maximum atomic E-state index is 10.8. The van der Waals surface area contributed by atoms with Gasteiger partial charge in [-0.15, -0.1) is 0 Å². The van der Waals surface area contributed by atoms with Gasteiger partial charge < -0.3 is 14.7 Å². The van der Waals surface area contributed by atoms with Crippen molar-refractivity contribution in [3.8, 4) is 0 Å². The number of hydrogen-bond donors (Lipinski definition) is 0. The van der Waals surface area contributed by atoms with E-state index < -0.39 is 0 Å². The van der Waals surface area contributed by atoms with E-state index in [1.807, 2.05) is 17.8 Å². The predicted octanol–water partition coefficient (Wildman–Crippen LogP) is 0.962. The first-order valence-corrected chi connectivity index (χ1v) is 8.61. The van der Waals surface area contributed by atoms with Crippen LogP contribution in [0.3, 0.4) is 0 Å². The van der Waals surface area contributed by atoms with Crippen molar-refractivity contribution in [3.63, 3.8) is 0 Å². The van der Waals surface area contributed by atoms with Gasteiger partial charge in [0.2, 0.25) is 12.4 Å². The number of anilines is 2. The fourth-order valence-electron chi connectivity index (χ4n) is 2.52. The predicted molar refractivity (Wildman–Crippen MR) is 86.4 cm³/mol. The van der Waals surface area contributed by atoms with Gasteiger partial charge in [0.1, 0.15) is 11.0 Å². The second-order valence-electron chi connectivity index (χ2n) is 5.08. The molecule has 0 radical (unpaired) electrons. The van der Waals surface area contributed by atoms with Gasteiger partial charge in [-0.2, -0.15) is 16.7 Å². The molecule has 0 aromatic carbocycles. The number of halogens is 1. The summed E-state index contributed by atoms with van der Waals surface area (Å²) in [5, 5.41) is 0.478. The molecule has 114 valence electrons. The van der Waals surface area contributed by atoms with Crippen LogP contribution in [0, 0.1) is 0 Å². The number of rotatable bonds is 3. The highest BCUT2D eigenvalue weighted by molar-refractivity contribution is 7.99. The van der Waals surface area contributed by atoms with Crippen molar-refractivity contribution >= 4 is 41.5 Å². The van der Waals surface area contributed by atoms with Crippen LogP contribution in [-0.2, 0) is 4.79 Å². The fraction of sp³-hybridized carbons (Fsp3) is 0.615. The van der Waals surface area contributed by atoms with E-state index in [2.05, 4.69) is 19.8 Å². The van der Waals surface area contributed by atoms with Crippen molar-refractivity contribution in [2.45, 2.75) is 0 Å². The van der Waals surface area contributed by atoms with Gasteiger partial charge >= 0.3 is 0 Å². The molecule has 21 heavy (non-hydrogen) atoms. The molecule has 0 N–H and O–H groups in total. The third-order valence-electron chi connectivity index (χ3n) is 3.75. The summed E-state index contributed by atoms with van der Waals surface area (Å²) in [6, 6.07) is 1.84. The lowest BCUT2D eigenvalue weighted by Crippen LogP contribution is -2.46. The summed E-state index contributed by atoms with van der Waals surface area (Å²) >= 11 is 8.13. The molecule has 2 aliphatic rings. The molecule has 1 amide bonds. The quantitative estimate of drug-likeness (QED) is 0.609. The standard InChI is InChI=1S/C13H18ClN5OS/c14-11-9-12(18-5-7-21-8-6-18)16-13(15-11)19-3-1-17(10-20)2-4-19/h9-10H,1-8H2. The van der Waals surface area contributed by atoms with Crippen molar-refractivity contribution in [1.29, 1.82) is 0 Å². The minimum Gasteiger partial charge on any atom is -0.355 e. The van der Waals surface area contributed by atoms with Crippen LogP contribution in [0.25, 0.3) is 0 Å². The summed E-state index contributed by atoms with van der Waals surface area (Å²) in [7, 11) is 0. The number of carbonyl (C=O) groups excluding carboxylic acids is 1. The van der Waals surface area contributed by atoms with Gasteiger partial charge in [0.25, 0.3) is 0 Å². The highest BCUT2D eigenvalue weighted by atomic mass is 35.5. The first-order valence-electron chi connectivity index (χ1n) is 7.08. The molecular weight excluding hydrogens is 310 g/mol. The van der Waals surface area contributed by atoms with Gasteiger partial charge in [0.15, 0.2) is 0 Å². The smallest absolute Gasteiger partial charge is 0.228 e. The van der Waals surface area contributed by atoms with Crippen molar-refractivity contribution in [2.75, 3.05) is 60.6 Å². The molecule has 1 aromatic rings. The van der Waals surface area contributed by atoms with E-state index in [9.17, 15) is 4.79 Å². The van der Waals surface area contributed by atoms with E-state index >= 15 is 0 Å². The third-order valence-corrected chi connectivity index (χ3v) is 4.89. The first-order chi connectivity index (χ1) is 10.3. The number of aromatic nitrogens is 2. The Morgan fingerprint density at radius 1 is 1.05 bits per heavy atom. The summed E-state index contributed by atoms with van der Waals surface area (Å²) < 4.78 is 0. The van der Waals surface area contributed by atoms with E-state index in [0.717, 1.165) is 49.9 Å². The summed E-state index contributed by atoms with van der Waals surface area (Å²) in [6.07, 6.45) is 0.896. The van der Waals surface area contributed by atoms with Gasteiger partial charge in [-0.3, -0.25) is 4.79 Å². The van der Waals surface area contributed by atoms with Gasteiger partial charge in [-0.05, 0) is 0 Å². The summed E-state index contributed by atoms with van der Waals surface area (Å²) in [6.45, 7) is 4.89. The zero-order valence-corrected chi connectivity index (χ0v) is 13.3. The van der Waals surface area contributed by atoms with Crippen LogP contribution >= 0.6 is 23.4 Å². The van der Waals surface area contributed by atoms with Gasteiger partial charge in [0, 0.05) is 56.8 Å². The summed E-state index contributed by atoms with van der Waals surface area (Å²) in [5.74, 6) is 3.81. The molecule has 0 aliphatic carbocycles. The maximum Gasteiger partial charge on any atom is 0.228 e. The average molecular weight is 328 g/mol. The number of piperazine rings is 1. The van der Waals surface area contributed by atoms with Crippen molar-refractivity contribution in [1.82, 2.24) is 14.9 Å². The molecule has 0 bridgehead atoms. The minimum atomic E-state index is 0.478. The Hall–Kier alpha value is -1.21. The number of nitrogens with zero attached hydrogens (tertiary/aromatic N) is 5. The third kappa shape index (κ3) is 3.52. The number of amides is 1. The molecule has 8 heteroatoms. The fourth-order valence-corrected chi connectivity index (χ4v) is 3.59. The molecule has 2 aliphatic heterocycles. The number of carbonyl (C=O) groups is 1. The van der Waals surface area contributed by atoms with E-state index in [4.69, 9.17) is 11.6 Å². The zero-order chi connectivity index (χ0) is 14.7. The molecule has 0 spiro atoms. The zero-order valence-electron chi connectivity index (χ0n) is 11.7. The highest BCUT2D eigenvalue weighted by Crippen LogP contribution is 2.23. The van der Waals surface area contributed by atoms with Crippen LogP contribution in [0.15, 0.2) is 6.07 Å². The average Bonchev–Trinajstić information content (AvgIpc) is 2.55. The molecule has 0 unspecified atom stereocenters. The molecule has 2 saturated heterocycles. The van der Waals surface area contributed by atoms with Crippen molar-refractivity contribution < 1.29 is 4.79 Å². The number of hydrogen-bond acceptors (Lipinski definition) is 6.